The molecule has 8 aromatic carbocycles. The van der Waals surface area contributed by atoms with Crippen LogP contribution < -0.4 is 0 Å². The van der Waals surface area contributed by atoms with Crippen molar-refractivity contribution in [2.75, 3.05) is 0 Å². The van der Waals surface area contributed by atoms with Crippen molar-refractivity contribution in [2.45, 2.75) is 13.3 Å². The SMILES string of the molecule is CC1C=Cc2c(n(-c3cc(-c4nc(-c5ccccc5)cc(-c5ccc(-n6c7ccccc7c7ccccc76)cc5)n4)cc(-n4c5ccccc5c5ccccc54)c3)c3ccccc23)C1. The number of allylic oxidation sites excluding steroid dienone is 1. The summed E-state index contributed by atoms with van der Waals surface area (Å²) in [4.78, 5) is 10.9. The van der Waals surface area contributed by atoms with Crippen LogP contribution in [-0.2, 0) is 6.42 Å². The highest BCUT2D eigenvalue weighted by atomic mass is 15.0. The molecule has 0 amide bonds. The summed E-state index contributed by atoms with van der Waals surface area (Å²) < 4.78 is 7.26. The highest BCUT2D eigenvalue weighted by Gasteiger charge is 2.23. The highest BCUT2D eigenvalue weighted by Crippen LogP contribution is 2.40. The van der Waals surface area contributed by atoms with Crippen LogP contribution in [0.2, 0.25) is 0 Å². The normalized spacial score (nSPS) is 13.7. The Labute approximate surface area is 370 Å². The Hall–Kier alpha value is -8.28. The number of para-hydroxylation sites is 5. The number of aromatic nitrogens is 5. The second kappa shape index (κ2) is 14.4. The fraction of sp³-hybridized carbons (Fsp3) is 0.0508. The fourth-order valence-corrected chi connectivity index (χ4v) is 10.3. The van der Waals surface area contributed by atoms with Crippen LogP contribution in [0.3, 0.4) is 0 Å². The van der Waals surface area contributed by atoms with E-state index < -0.39 is 0 Å². The molecule has 0 saturated heterocycles. The molecule has 0 aliphatic heterocycles. The molecule has 1 aliphatic rings. The third-order valence-corrected chi connectivity index (χ3v) is 13.2. The number of nitrogens with zero attached hydrogens (tertiary/aromatic N) is 5. The lowest BCUT2D eigenvalue weighted by Crippen LogP contribution is -2.09. The van der Waals surface area contributed by atoms with E-state index in [0.717, 1.165) is 62.6 Å². The maximum Gasteiger partial charge on any atom is 0.160 e. The molecule has 1 unspecified atom stereocenters. The molecule has 5 heteroatoms. The quantitative estimate of drug-likeness (QED) is 0.168. The maximum atomic E-state index is 5.48. The first-order chi connectivity index (χ1) is 31.6. The van der Waals surface area contributed by atoms with Crippen LogP contribution in [0.1, 0.15) is 18.2 Å². The topological polar surface area (TPSA) is 40.6 Å². The fourth-order valence-electron chi connectivity index (χ4n) is 10.3. The minimum Gasteiger partial charge on any atom is -0.313 e. The van der Waals surface area contributed by atoms with Gasteiger partial charge in [0.1, 0.15) is 0 Å². The van der Waals surface area contributed by atoms with Gasteiger partial charge in [-0.3, -0.25) is 0 Å². The third-order valence-electron chi connectivity index (χ3n) is 13.2. The lowest BCUT2D eigenvalue weighted by molar-refractivity contribution is 0.690. The van der Waals surface area contributed by atoms with E-state index in [-0.39, 0.29) is 0 Å². The average molecular weight is 820 g/mol. The van der Waals surface area contributed by atoms with Crippen LogP contribution in [0.5, 0.6) is 0 Å². The van der Waals surface area contributed by atoms with Crippen LogP contribution in [0.25, 0.3) is 112 Å². The summed E-state index contributed by atoms with van der Waals surface area (Å²) in [5.74, 6) is 1.09. The van der Waals surface area contributed by atoms with Crippen molar-refractivity contribution in [3.05, 3.63) is 218 Å². The minimum absolute atomic E-state index is 0.422. The third kappa shape index (κ3) is 5.71. The van der Waals surface area contributed by atoms with Crippen molar-refractivity contribution < 1.29 is 0 Å². The van der Waals surface area contributed by atoms with E-state index in [4.69, 9.17) is 9.97 Å². The first-order valence-corrected chi connectivity index (χ1v) is 22.1. The molecule has 1 atom stereocenters. The summed E-state index contributed by atoms with van der Waals surface area (Å²) in [6, 6.07) is 72.0. The molecule has 0 fully saturated rings. The van der Waals surface area contributed by atoms with Gasteiger partial charge in [-0.2, -0.15) is 0 Å². The molecule has 5 nitrogen and oxygen atoms in total. The van der Waals surface area contributed by atoms with E-state index in [9.17, 15) is 0 Å². The summed E-state index contributed by atoms with van der Waals surface area (Å²) in [6.45, 7) is 2.31. The number of hydrogen-bond donors (Lipinski definition) is 0. The van der Waals surface area contributed by atoms with Gasteiger partial charge in [-0.05, 0) is 79.1 Å². The lowest BCUT2D eigenvalue weighted by Gasteiger charge is -2.19. The van der Waals surface area contributed by atoms with E-state index in [0.29, 0.717) is 11.7 Å². The molecule has 0 N–H and O–H groups in total. The second-order valence-electron chi connectivity index (χ2n) is 17.1. The Morgan fingerprint density at radius 1 is 0.391 bits per heavy atom. The van der Waals surface area contributed by atoms with E-state index in [1.165, 1.54) is 54.7 Å². The van der Waals surface area contributed by atoms with Gasteiger partial charge in [0.15, 0.2) is 5.82 Å². The van der Waals surface area contributed by atoms with Crippen LogP contribution in [-0.4, -0.2) is 23.7 Å². The van der Waals surface area contributed by atoms with E-state index >= 15 is 0 Å². The molecule has 4 heterocycles. The van der Waals surface area contributed by atoms with Crippen LogP contribution >= 0.6 is 0 Å². The highest BCUT2D eigenvalue weighted by molar-refractivity contribution is 6.10. The first kappa shape index (κ1) is 36.4. The molecule has 12 aromatic rings. The van der Waals surface area contributed by atoms with Crippen LogP contribution in [0.15, 0.2) is 206 Å². The molecular formula is C59H41N5. The molecule has 302 valence electrons. The van der Waals surface area contributed by atoms with Gasteiger partial charge < -0.3 is 13.7 Å². The van der Waals surface area contributed by atoms with Gasteiger partial charge in [-0.25, -0.2) is 9.97 Å². The molecule has 13 rings (SSSR count). The Bertz CT molecular complexity index is 3720. The number of rotatable bonds is 6. The Morgan fingerprint density at radius 3 is 1.38 bits per heavy atom. The Morgan fingerprint density at radius 2 is 0.828 bits per heavy atom. The largest absolute Gasteiger partial charge is 0.313 e. The van der Waals surface area contributed by atoms with E-state index in [1.807, 2.05) is 0 Å². The van der Waals surface area contributed by atoms with E-state index in [2.05, 4.69) is 233 Å². The number of fused-ring (bicyclic) bond motifs is 9. The summed E-state index contributed by atoms with van der Waals surface area (Å²) in [6.07, 6.45) is 5.62. The molecule has 1 aliphatic carbocycles. The smallest absolute Gasteiger partial charge is 0.160 e. The predicted octanol–water partition coefficient (Wildman–Crippen LogP) is 14.8. The molecule has 64 heavy (non-hydrogen) atoms. The van der Waals surface area contributed by atoms with E-state index in [1.54, 1.807) is 0 Å². The van der Waals surface area contributed by atoms with Crippen molar-refractivity contribution in [3.63, 3.8) is 0 Å². The zero-order valence-corrected chi connectivity index (χ0v) is 35.2. The van der Waals surface area contributed by atoms with Crippen molar-refractivity contribution in [1.82, 2.24) is 23.7 Å². The van der Waals surface area contributed by atoms with Crippen molar-refractivity contribution in [1.29, 1.82) is 0 Å². The maximum absolute atomic E-state index is 5.48. The average Bonchev–Trinajstić information content (AvgIpc) is 3.99. The summed E-state index contributed by atoms with van der Waals surface area (Å²) in [7, 11) is 0. The van der Waals surface area contributed by atoms with Gasteiger partial charge in [-0.1, -0.05) is 153 Å². The molecular weight excluding hydrogens is 779 g/mol. The second-order valence-corrected chi connectivity index (χ2v) is 17.1. The van der Waals surface area contributed by atoms with Crippen molar-refractivity contribution in [2.24, 2.45) is 5.92 Å². The standard InChI is InChI=1S/C59H41N5/c1-38-27-32-50-49-21-9-14-26-57(49)64(58(50)33-38)44-35-41(34-43(36-44)63-55-24-12-7-19-47(55)48-20-8-13-25-56(48)63)59-60-51(39-15-3-2-4-16-39)37-52(61-59)40-28-30-42(31-29-40)62-53-22-10-5-17-45(53)46-18-6-11-23-54(46)62/h2-32,34-38H,33H2,1H3. The minimum atomic E-state index is 0.422. The number of hydrogen-bond acceptors (Lipinski definition) is 2. The van der Waals surface area contributed by atoms with Crippen LogP contribution in [0.4, 0.5) is 0 Å². The molecule has 0 saturated carbocycles. The van der Waals surface area contributed by atoms with Crippen molar-refractivity contribution >= 4 is 60.6 Å². The first-order valence-electron chi connectivity index (χ1n) is 22.1. The van der Waals surface area contributed by atoms with Gasteiger partial charge in [-0.15, -0.1) is 0 Å². The summed E-state index contributed by atoms with van der Waals surface area (Å²) in [5.41, 5.74) is 16.5. The molecule has 4 aromatic heterocycles. The van der Waals surface area contributed by atoms with Crippen molar-refractivity contribution in [3.8, 4) is 51.0 Å². The van der Waals surface area contributed by atoms with Gasteiger partial charge in [0.2, 0.25) is 0 Å². The van der Waals surface area contributed by atoms with Crippen LogP contribution in [0, 0.1) is 5.92 Å². The Balaban J connectivity index is 1.05. The molecule has 0 radical (unpaired) electrons. The van der Waals surface area contributed by atoms with Gasteiger partial charge in [0.05, 0.1) is 39.0 Å². The monoisotopic (exact) mass is 819 g/mol. The molecule has 0 spiro atoms. The Kier molecular flexibility index (Phi) is 8.19. The molecule has 0 bridgehead atoms. The zero-order chi connectivity index (χ0) is 42.3. The van der Waals surface area contributed by atoms with Gasteiger partial charge in [0.25, 0.3) is 0 Å². The summed E-state index contributed by atoms with van der Waals surface area (Å²) >= 11 is 0. The summed E-state index contributed by atoms with van der Waals surface area (Å²) in [5, 5.41) is 6.20. The lowest BCUT2D eigenvalue weighted by atomic mass is 9.95. The number of benzene rings is 8. The van der Waals surface area contributed by atoms with Gasteiger partial charge >= 0.3 is 0 Å². The van der Waals surface area contributed by atoms with Gasteiger partial charge in [0, 0.05) is 71.9 Å². The zero-order valence-electron chi connectivity index (χ0n) is 35.2. The predicted molar refractivity (Wildman–Crippen MR) is 266 cm³/mol.